The maximum atomic E-state index is 14.8. The van der Waals surface area contributed by atoms with Gasteiger partial charge in [-0.3, -0.25) is 14.4 Å². The van der Waals surface area contributed by atoms with E-state index in [1.54, 1.807) is 50.2 Å². The monoisotopic (exact) mass is 480 g/mol. The molecule has 1 amide bonds. The second-order valence-corrected chi connectivity index (χ2v) is 9.14. The first-order valence-electron chi connectivity index (χ1n) is 11.2. The fraction of sp³-hybridized carbons (Fsp3) is 0.259. The number of amides is 1. The molecule has 2 aliphatic heterocycles. The van der Waals surface area contributed by atoms with Crippen LogP contribution in [0.4, 0.5) is 24.5 Å². The number of ketones is 1. The van der Waals surface area contributed by atoms with Crippen LogP contribution in [-0.2, 0) is 15.2 Å². The highest BCUT2D eigenvalue weighted by molar-refractivity contribution is 6.12. The van der Waals surface area contributed by atoms with Gasteiger partial charge in [0.2, 0.25) is 5.60 Å². The molecule has 5 nitrogen and oxygen atoms in total. The molecule has 35 heavy (non-hydrogen) atoms. The quantitative estimate of drug-likeness (QED) is 0.493. The first-order chi connectivity index (χ1) is 16.5. The van der Waals surface area contributed by atoms with Crippen molar-refractivity contribution >= 4 is 23.1 Å². The Bertz CT molecular complexity index is 1320. The number of Topliss-reactive ketones (excluding diaryl/α,β-unsaturated/α-hetero) is 1. The Labute approximate surface area is 200 Å². The standard InChI is InChI=1S/C27H23F3N2O3/c1-15-9-11-18(12-10-15)23(33)21-24(27(28,29)30)32(19-7-5-4-6-8-19)35-26(21)20-14-16(2)13-17(3)22(20)31-25(26)34/h4-14,21,24H,1-3H3,(H,31,34)/t21-,24+,26-/m1/s1. The van der Waals surface area contributed by atoms with Gasteiger partial charge >= 0.3 is 6.18 Å². The van der Waals surface area contributed by atoms with Crippen molar-refractivity contribution in [2.45, 2.75) is 38.6 Å². The number of hydrogen-bond acceptors (Lipinski definition) is 4. The zero-order valence-electron chi connectivity index (χ0n) is 19.3. The number of alkyl halides is 3. The first kappa shape index (κ1) is 23.1. The van der Waals surface area contributed by atoms with Crippen molar-refractivity contribution in [3.63, 3.8) is 0 Å². The van der Waals surface area contributed by atoms with Crippen molar-refractivity contribution in [1.29, 1.82) is 0 Å². The minimum atomic E-state index is -4.88. The molecule has 0 aromatic heterocycles. The lowest BCUT2D eigenvalue weighted by Gasteiger charge is -2.28. The third-order valence-corrected chi connectivity index (χ3v) is 6.67. The van der Waals surface area contributed by atoms with Crippen molar-refractivity contribution < 1.29 is 27.6 Å². The number of benzene rings is 3. The lowest BCUT2D eigenvalue weighted by atomic mass is 9.74. The van der Waals surface area contributed by atoms with Crippen LogP contribution in [0.1, 0.15) is 32.6 Å². The smallest absolute Gasteiger partial charge is 0.323 e. The van der Waals surface area contributed by atoms with Crippen LogP contribution in [0.25, 0.3) is 0 Å². The van der Waals surface area contributed by atoms with Crippen LogP contribution in [0.2, 0.25) is 0 Å². The van der Waals surface area contributed by atoms with Crippen molar-refractivity contribution in [3.8, 4) is 0 Å². The Hall–Kier alpha value is -3.65. The number of aryl methyl sites for hydroxylation is 3. The number of hydroxylamine groups is 1. The number of hydrogen-bond donors (Lipinski definition) is 1. The molecule has 1 spiro atoms. The number of carbonyl (C=O) groups excluding carboxylic acids is 2. The van der Waals surface area contributed by atoms with Gasteiger partial charge in [0.05, 0.1) is 17.3 Å². The average Bonchev–Trinajstić information content (AvgIpc) is 3.31. The highest BCUT2D eigenvalue weighted by atomic mass is 19.4. The van der Waals surface area contributed by atoms with E-state index in [-0.39, 0.29) is 16.8 Å². The molecule has 0 radical (unpaired) electrons. The molecular weight excluding hydrogens is 457 g/mol. The van der Waals surface area contributed by atoms with E-state index in [1.807, 2.05) is 13.0 Å². The van der Waals surface area contributed by atoms with E-state index in [1.165, 1.54) is 24.3 Å². The minimum Gasteiger partial charge on any atom is -0.323 e. The Morgan fingerprint density at radius 3 is 2.26 bits per heavy atom. The van der Waals surface area contributed by atoms with Crippen molar-refractivity contribution in [3.05, 3.63) is 94.5 Å². The van der Waals surface area contributed by atoms with Gasteiger partial charge < -0.3 is 5.32 Å². The van der Waals surface area contributed by atoms with Crippen LogP contribution in [0.3, 0.4) is 0 Å². The molecule has 3 aromatic carbocycles. The Balaban J connectivity index is 1.79. The van der Waals surface area contributed by atoms with Crippen molar-refractivity contribution in [1.82, 2.24) is 0 Å². The number of halogens is 3. The van der Waals surface area contributed by atoms with Crippen LogP contribution >= 0.6 is 0 Å². The van der Waals surface area contributed by atoms with Gasteiger partial charge in [-0.05, 0) is 38.5 Å². The summed E-state index contributed by atoms with van der Waals surface area (Å²) >= 11 is 0. The van der Waals surface area contributed by atoms with Crippen LogP contribution in [0, 0.1) is 26.7 Å². The molecule has 2 heterocycles. The van der Waals surface area contributed by atoms with Gasteiger partial charge in [-0.25, -0.2) is 5.06 Å². The largest absolute Gasteiger partial charge is 0.412 e. The predicted octanol–water partition coefficient (Wildman–Crippen LogP) is 5.64. The topological polar surface area (TPSA) is 58.6 Å². The molecule has 0 unspecified atom stereocenters. The predicted molar refractivity (Wildman–Crippen MR) is 125 cm³/mol. The summed E-state index contributed by atoms with van der Waals surface area (Å²) in [6.45, 7) is 5.36. The fourth-order valence-corrected chi connectivity index (χ4v) is 5.12. The second-order valence-electron chi connectivity index (χ2n) is 9.14. The molecule has 8 heteroatoms. The highest BCUT2D eigenvalue weighted by Gasteiger charge is 2.72. The van der Waals surface area contributed by atoms with Crippen LogP contribution in [0.5, 0.6) is 0 Å². The van der Waals surface area contributed by atoms with E-state index in [9.17, 15) is 22.8 Å². The number of nitrogens with zero attached hydrogens (tertiary/aromatic N) is 1. The molecule has 0 saturated carbocycles. The highest BCUT2D eigenvalue weighted by Crippen LogP contribution is 2.56. The lowest BCUT2D eigenvalue weighted by molar-refractivity contribution is -0.156. The summed E-state index contributed by atoms with van der Waals surface area (Å²) in [4.78, 5) is 33.5. The van der Waals surface area contributed by atoms with E-state index < -0.39 is 35.4 Å². The molecular formula is C27H23F3N2O3. The number of para-hydroxylation sites is 1. The maximum Gasteiger partial charge on any atom is 0.412 e. The van der Waals surface area contributed by atoms with Crippen LogP contribution in [0.15, 0.2) is 66.7 Å². The zero-order chi connectivity index (χ0) is 25.1. The summed E-state index contributed by atoms with van der Waals surface area (Å²) in [5.41, 5.74) is 0.867. The van der Waals surface area contributed by atoms with Gasteiger partial charge in [0.15, 0.2) is 11.8 Å². The number of carbonyl (C=O) groups is 2. The molecule has 1 saturated heterocycles. The molecule has 0 aliphatic carbocycles. The van der Waals surface area contributed by atoms with E-state index in [0.717, 1.165) is 11.1 Å². The van der Waals surface area contributed by atoms with E-state index in [4.69, 9.17) is 4.84 Å². The van der Waals surface area contributed by atoms with E-state index >= 15 is 0 Å². The fourth-order valence-electron chi connectivity index (χ4n) is 5.12. The number of nitrogens with one attached hydrogen (secondary N) is 1. The molecule has 3 atom stereocenters. The van der Waals surface area contributed by atoms with Gasteiger partial charge in [0.1, 0.15) is 0 Å². The summed E-state index contributed by atoms with van der Waals surface area (Å²) in [5.74, 6) is -3.49. The van der Waals surface area contributed by atoms with Gasteiger partial charge in [-0.1, -0.05) is 65.7 Å². The Kier molecular flexibility index (Phi) is 5.25. The summed E-state index contributed by atoms with van der Waals surface area (Å²) < 4.78 is 44.3. The normalized spacial score (nSPS) is 23.5. The van der Waals surface area contributed by atoms with E-state index in [0.29, 0.717) is 16.3 Å². The maximum absolute atomic E-state index is 14.8. The van der Waals surface area contributed by atoms with Crippen LogP contribution < -0.4 is 10.4 Å². The Morgan fingerprint density at radius 2 is 1.63 bits per heavy atom. The first-order valence-corrected chi connectivity index (χ1v) is 11.2. The molecule has 0 bridgehead atoms. The van der Waals surface area contributed by atoms with Gasteiger partial charge in [-0.15, -0.1) is 0 Å². The second kappa shape index (κ2) is 7.95. The summed E-state index contributed by atoms with van der Waals surface area (Å²) in [6.07, 6.45) is -4.88. The summed E-state index contributed by atoms with van der Waals surface area (Å²) in [5, 5.41) is 3.39. The molecule has 1 fully saturated rings. The molecule has 1 N–H and O–H groups in total. The van der Waals surface area contributed by atoms with Crippen molar-refractivity contribution in [2.24, 2.45) is 5.92 Å². The number of fused-ring (bicyclic) bond motifs is 2. The van der Waals surface area contributed by atoms with E-state index in [2.05, 4.69) is 5.32 Å². The number of anilines is 2. The average molecular weight is 480 g/mol. The molecule has 2 aliphatic rings. The third kappa shape index (κ3) is 3.51. The molecule has 3 aromatic rings. The summed E-state index contributed by atoms with van der Waals surface area (Å²) in [7, 11) is 0. The zero-order valence-corrected chi connectivity index (χ0v) is 19.3. The third-order valence-electron chi connectivity index (χ3n) is 6.67. The van der Waals surface area contributed by atoms with Crippen molar-refractivity contribution in [2.75, 3.05) is 10.4 Å². The van der Waals surface area contributed by atoms with Gasteiger partial charge in [0.25, 0.3) is 5.91 Å². The van der Waals surface area contributed by atoms with Crippen LogP contribution in [-0.4, -0.2) is 23.9 Å². The molecule has 5 rings (SSSR count). The summed E-state index contributed by atoms with van der Waals surface area (Å²) in [6, 6.07) is 15.1. The molecule has 180 valence electrons. The minimum absolute atomic E-state index is 0.0818. The lowest BCUT2D eigenvalue weighted by Crippen LogP contribution is -2.51. The SMILES string of the molecule is Cc1ccc(C(=O)[C@@H]2[C@@H](C(F)(F)F)N(c3ccccc3)O[C@@]23C(=O)Nc2c(C)cc(C)cc23)cc1. The van der Waals surface area contributed by atoms with Gasteiger partial charge in [0, 0.05) is 11.1 Å². The Morgan fingerprint density at radius 1 is 0.971 bits per heavy atom. The number of rotatable bonds is 3. The van der Waals surface area contributed by atoms with Gasteiger partial charge in [-0.2, -0.15) is 13.2 Å².